The van der Waals surface area contributed by atoms with Crippen molar-refractivity contribution in [2.24, 2.45) is 0 Å². The molecule has 4 rings (SSSR count). The Morgan fingerprint density at radius 2 is 1.79 bits per heavy atom. The minimum Gasteiger partial charge on any atom is -0.507 e. The Hall–Kier alpha value is -3.71. The first-order chi connectivity index (χ1) is 15.9. The largest absolute Gasteiger partial charge is 0.507 e. The number of carbonyl (C=O) groups is 2. The third-order valence-corrected chi connectivity index (χ3v) is 5.90. The SMILES string of the molecule is CCc1ccc(N2C(=O)C(=O)/C(=C(\O)c3cc(Cl)c(OC)cc3OC)C2c2ccco2)cc1. The highest BCUT2D eigenvalue weighted by molar-refractivity contribution is 6.51. The number of nitrogens with zero attached hydrogens (tertiary/aromatic N) is 1. The van der Waals surface area contributed by atoms with Gasteiger partial charge in [0.15, 0.2) is 0 Å². The summed E-state index contributed by atoms with van der Waals surface area (Å²) in [5, 5.41) is 11.5. The van der Waals surface area contributed by atoms with Crippen LogP contribution in [0.5, 0.6) is 11.5 Å². The first-order valence-corrected chi connectivity index (χ1v) is 10.6. The van der Waals surface area contributed by atoms with Gasteiger partial charge in [0.05, 0.1) is 36.6 Å². The Kier molecular flexibility index (Phi) is 6.16. The van der Waals surface area contributed by atoms with E-state index in [4.69, 9.17) is 25.5 Å². The highest BCUT2D eigenvalue weighted by Gasteiger charge is 2.48. The van der Waals surface area contributed by atoms with E-state index in [9.17, 15) is 14.7 Å². The van der Waals surface area contributed by atoms with E-state index in [-0.39, 0.29) is 21.9 Å². The number of methoxy groups -OCH3 is 2. The number of aliphatic hydroxyl groups excluding tert-OH is 1. The van der Waals surface area contributed by atoms with Crippen molar-refractivity contribution in [3.63, 3.8) is 0 Å². The van der Waals surface area contributed by atoms with Crippen molar-refractivity contribution in [2.75, 3.05) is 19.1 Å². The highest BCUT2D eigenvalue weighted by Crippen LogP contribution is 2.44. The van der Waals surface area contributed by atoms with Crippen molar-refractivity contribution < 1.29 is 28.6 Å². The summed E-state index contributed by atoms with van der Waals surface area (Å²) in [7, 11) is 2.86. The second-order valence-corrected chi connectivity index (χ2v) is 7.80. The van der Waals surface area contributed by atoms with E-state index in [2.05, 4.69) is 0 Å². The molecule has 0 radical (unpaired) electrons. The van der Waals surface area contributed by atoms with Crippen LogP contribution < -0.4 is 14.4 Å². The molecule has 170 valence electrons. The predicted molar refractivity (Wildman–Crippen MR) is 124 cm³/mol. The van der Waals surface area contributed by atoms with Gasteiger partial charge in [-0.15, -0.1) is 0 Å². The highest BCUT2D eigenvalue weighted by atomic mass is 35.5. The van der Waals surface area contributed by atoms with Crippen molar-refractivity contribution in [2.45, 2.75) is 19.4 Å². The molecular weight excluding hydrogens is 446 g/mol. The van der Waals surface area contributed by atoms with E-state index in [1.54, 1.807) is 24.3 Å². The quantitative estimate of drug-likeness (QED) is 0.307. The van der Waals surface area contributed by atoms with Crippen LogP contribution in [0.15, 0.2) is 64.8 Å². The minimum absolute atomic E-state index is 0.131. The zero-order valence-corrected chi connectivity index (χ0v) is 19.1. The third-order valence-electron chi connectivity index (χ3n) is 5.61. The fraction of sp³-hybridized carbons (Fsp3) is 0.200. The first kappa shape index (κ1) is 22.5. The molecule has 2 heterocycles. The summed E-state index contributed by atoms with van der Waals surface area (Å²) < 4.78 is 16.2. The number of hydrogen-bond acceptors (Lipinski definition) is 6. The van der Waals surface area contributed by atoms with Gasteiger partial charge in [-0.2, -0.15) is 0 Å². The molecule has 1 unspecified atom stereocenters. The van der Waals surface area contributed by atoms with E-state index >= 15 is 0 Å². The number of hydrogen-bond donors (Lipinski definition) is 1. The molecule has 2 aromatic carbocycles. The summed E-state index contributed by atoms with van der Waals surface area (Å²) >= 11 is 6.27. The summed E-state index contributed by atoms with van der Waals surface area (Å²) in [5.74, 6) is -1.16. The molecule has 33 heavy (non-hydrogen) atoms. The van der Waals surface area contributed by atoms with Crippen molar-refractivity contribution in [1.82, 2.24) is 0 Å². The van der Waals surface area contributed by atoms with Gasteiger partial charge < -0.3 is 19.0 Å². The maximum absolute atomic E-state index is 13.2. The summed E-state index contributed by atoms with van der Waals surface area (Å²) in [5.41, 5.74) is 1.62. The predicted octanol–water partition coefficient (Wildman–Crippen LogP) is 5.14. The molecule has 0 aliphatic carbocycles. The molecule has 1 N–H and O–H groups in total. The van der Waals surface area contributed by atoms with Crippen molar-refractivity contribution in [1.29, 1.82) is 0 Å². The number of carbonyl (C=O) groups excluding carboxylic acids is 2. The van der Waals surface area contributed by atoms with E-state index in [0.29, 0.717) is 17.2 Å². The van der Waals surface area contributed by atoms with Crippen LogP contribution in [0, 0.1) is 0 Å². The lowest BCUT2D eigenvalue weighted by atomic mass is 9.98. The second-order valence-electron chi connectivity index (χ2n) is 7.39. The molecule has 1 aromatic heterocycles. The minimum atomic E-state index is -0.974. The van der Waals surface area contributed by atoms with Crippen LogP contribution in [0.25, 0.3) is 5.76 Å². The van der Waals surface area contributed by atoms with Crippen molar-refractivity contribution in [3.05, 3.63) is 82.3 Å². The summed E-state index contributed by atoms with van der Waals surface area (Å²) in [6, 6.07) is 12.6. The van der Waals surface area contributed by atoms with Gasteiger partial charge in [-0.25, -0.2) is 0 Å². The summed E-state index contributed by atoms with van der Waals surface area (Å²) in [6.45, 7) is 2.03. The third kappa shape index (κ3) is 3.85. The number of ketones is 1. The van der Waals surface area contributed by atoms with Gasteiger partial charge in [-0.3, -0.25) is 14.5 Å². The molecule has 7 nitrogen and oxygen atoms in total. The first-order valence-electron chi connectivity index (χ1n) is 10.3. The Balaban J connectivity index is 1.93. The van der Waals surface area contributed by atoms with Crippen molar-refractivity contribution >= 4 is 34.7 Å². The molecule has 0 saturated carbocycles. The molecule has 1 atom stereocenters. The summed E-state index contributed by atoms with van der Waals surface area (Å²) in [6.07, 6.45) is 2.28. The van der Waals surface area contributed by atoms with Crippen LogP contribution >= 0.6 is 11.6 Å². The average Bonchev–Trinajstić information content (AvgIpc) is 3.45. The maximum Gasteiger partial charge on any atom is 0.300 e. The van der Waals surface area contributed by atoms with Crippen LogP contribution in [0.1, 0.15) is 29.9 Å². The van der Waals surface area contributed by atoms with Gasteiger partial charge in [0.2, 0.25) is 0 Å². The number of rotatable bonds is 6. The molecule has 1 aliphatic heterocycles. The number of benzene rings is 2. The molecular formula is C25H22ClNO6. The van der Waals surface area contributed by atoms with E-state index in [1.165, 1.54) is 37.5 Å². The molecule has 1 aliphatic rings. The number of amides is 1. The molecule has 1 fully saturated rings. The van der Waals surface area contributed by atoms with Crippen LogP contribution in [0.3, 0.4) is 0 Å². The topological polar surface area (TPSA) is 89.2 Å². The Labute approximate surface area is 195 Å². The van der Waals surface area contributed by atoms with E-state index < -0.39 is 23.5 Å². The average molecular weight is 468 g/mol. The summed E-state index contributed by atoms with van der Waals surface area (Å²) in [4.78, 5) is 27.7. The molecule has 3 aromatic rings. The normalized spacial score (nSPS) is 17.5. The van der Waals surface area contributed by atoms with Crippen molar-refractivity contribution in [3.8, 4) is 11.5 Å². The zero-order valence-electron chi connectivity index (χ0n) is 18.3. The van der Waals surface area contributed by atoms with Gasteiger partial charge in [0, 0.05) is 11.8 Å². The number of ether oxygens (including phenoxy) is 2. The molecule has 1 saturated heterocycles. The number of furan rings is 1. The smallest absolute Gasteiger partial charge is 0.300 e. The molecule has 0 bridgehead atoms. The lowest BCUT2D eigenvalue weighted by Gasteiger charge is -2.23. The lowest BCUT2D eigenvalue weighted by molar-refractivity contribution is -0.132. The van der Waals surface area contributed by atoms with Gasteiger partial charge >= 0.3 is 0 Å². The van der Waals surface area contributed by atoms with Crippen LogP contribution in [0.4, 0.5) is 5.69 Å². The van der Waals surface area contributed by atoms with E-state index in [0.717, 1.165) is 12.0 Å². The number of aliphatic hydroxyl groups is 1. The lowest BCUT2D eigenvalue weighted by Crippen LogP contribution is -2.29. The molecule has 0 spiro atoms. The Morgan fingerprint density at radius 1 is 1.09 bits per heavy atom. The van der Waals surface area contributed by atoms with Crippen LogP contribution in [-0.4, -0.2) is 31.0 Å². The van der Waals surface area contributed by atoms with Gasteiger partial charge in [-0.1, -0.05) is 30.7 Å². The number of aryl methyl sites for hydroxylation is 1. The standard InChI is InChI=1S/C25H22ClNO6/c1-4-14-7-9-15(10-8-14)27-22(18-6-5-11-33-18)21(24(29)25(27)30)23(28)16-12-17(26)20(32-3)13-19(16)31-2/h5-13,22,28H,4H2,1-3H3/b23-21-. The van der Waals surface area contributed by atoms with Gasteiger partial charge in [0.1, 0.15) is 29.1 Å². The van der Waals surface area contributed by atoms with Crippen LogP contribution in [0.2, 0.25) is 5.02 Å². The number of Topliss-reactive ketones (excluding diaryl/α,β-unsaturated/α-hetero) is 1. The maximum atomic E-state index is 13.2. The monoisotopic (exact) mass is 467 g/mol. The molecule has 8 heteroatoms. The van der Waals surface area contributed by atoms with Gasteiger partial charge in [-0.05, 0) is 42.3 Å². The Morgan fingerprint density at radius 3 is 2.36 bits per heavy atom. The fourth-order valence-corrected chi connectivity index (χ4v) is 4.14. The van der Waals surface area contributed by atoms with Gasteiger partial charge in [0.25, 0.3) is 11.7 Å². The van der Waals surface area contributed by atoms with E-state index in [1.807, 2.05) is 19.1 Å². The Bertz CT molecular complexity index is 1230. The zero-order chi connectivity index (χ0) is 23.7. The fourth-order valence-electron chi connectivity index (χ4n) is 3.90. The molecule has 1 amide bonds. The second kappa shape index (κ2) is 9.03. The number of halogens is 1. The van der Waals surface area contributed by atoms with Crippen LogP contribution in [-0.2, 0) is 16.0 Å². The number of anilines is 1.